The number of rotatable bonds is 4. The zero-order valence-corrected chi connectivity index (χ0v) is 9.47. The van der Waals surface area contributed by atoms with E-state index in [1.807, 2.05) is 6.92 Å². The minimum absolute atomic E-state index is 0.137. The molecule has 0 radical (unpaired) electrons. The van der Waals surface area contributed by atoms with Crippen LogP contribution < -0.4 is 0 Å². The first kappa shape index (κ1) is 10.4. The van der Waals surface area contributed by atoms with E-state index >= 15 is 0 Å². The smallest absolute Gasteiger partial charge is 0.181 e. The maximum absolute atomic E-state index is 11.5. The summed E-state index contributed by atoms with van der Waals surface area (Å²) in [6, 6.07) is 0. The topological polar surface area (TPSA) is 34.9 Å². The van der Waals surface area contributed by atoms with Gasteiger partial charge in [0.25, 0.3) is 0 Å². The summed E-state index contributed by atoms with van der Waals surface area (Å²) in [7, 11) is 0. The van der Waals surface area contributed by atoms with Crippen molar-refractivity contribution >= 4 is 21.7 Å². The molecule has 0 saturated carbocycles. The molecule has 0 atom stereocenters. The van der Waals surface area contributed by atoms with Gasteiger partial charge < -0.3 is 0 Å². The first-order chi connectivity index (χ1) is 6.20. The van der Waals surface area contributed by atoms with Gasteiger partial charge in [0.1, 0.15) is 5.69 Å². The highest BCUT2D eigenvalue weighted by molar-refractivity contribution is 9.10. The van der Waals surface area contributed by atoms with Gasteiger partial charge in [-0.05, 0) is 22.4 Å². The molecule has 4 heteroatoms. The number of nitrogens with zero attached hydrogens (tertiary/aromatic N) is 2. The fraction of sp³-hybridized carbons (Fsp3) is 0.556. The maximum Gasteiger partial charge on any atom is 0.181 e. The van der Waals surface area contributed by atoms with Crippen molar-refractivity contribution in [2.45, 2.75) is 33.2 Å². The molecule has 1 heterocycles. The number of carbonyl (C=O) groups excluding carboxylic acids is 1. The van der Waals surface area contributed by atoms with E-state index in [1.54, 1.807) is 10.9 Å². The molecular formula is C9H13BrN2O. The number of hydrogen-bond donors (Lipinski definition) is 0. The second-order valence-corrected chi connectivity index (χ2v) is 3.70. The fourth-order valence-corrected chi connectivity index (χ4v) is 1.71. The number of ketones is 1. The van der Waals surface area contributed by atoms with Gasteiger partial charge in [0.15, 0.2) is 5.78 Å². The van der Waals surface area contributed by atoms with Crippen LogP contribution in [0.5, 0.6) is 0 Å². The molecule has 1 rings (SSSR count). The van der Waals surface area contributed by atoms with Crippen molar-refractivity contribution in [1.29, 1.82) is 0 Å². The summed E-state index contributed by atoms with van der Waals surface area (Å²) in [5, 5.41) is 4.12. The molecule has 0 saturated heterocycles. The number of aryl methyl sites for hydroxylation is 1. The number of halogens is 1. The molecule has 1 aromatic rings. The molecule has 0 aliphatic heterocycles. The molecule has 0 unspecified atom stereocenters. The summed E-state index contributed by atoms with van der Waals surface area (Å²) >= 11 is 3.32. The van der Waals surface area contributed by atoms with Crippen molar-refractivity contribution in [3.63, 3.8) is 0 Å². The zero-order chi connectivity index (χ0) is 9.84. The maximum atomic E-state index is 11.5. The van der Waals surface area contributed by atoms with E-state index in [9.17, 15) is 4.79 Å². The summed E-state index contributed by atoms with van der Waals surface area (Å²) in [5.74, 6) is 0.137. The van der Waals surface area contributed by atoms with Crippen molar-refractivity contribution < 1.29 is 4.79 Å². The summed E-state index contributed by atoms with van der Waals surface area (Å²) < 4.78 is 2.56. The van der Waals surface area contributed by atoms with Gasteiger partial charge >= 0.3 is 0 Å². The largest absolute Gasteiger partial charge is 0.292 e. The van der Waals surface area contributed by atoms with Gasteiger partial charge in [-0.25, -0.2) is 0 Å². The Morgan fingerprint density at radius 3 is 2.85 bits per heavy atom. The molecule has 0 spiro atoms. The van der Waals surface area contributed by atoms with Crippen LogP contribution in [0.15, 0.2) is 10.7 Å². The Hall–Kier alpha value is -0.640. The average molecular weight is 245 g/mol. The minimum Gasteiger partial charge on any atom is -0.292 e. The van der Waals surface area contributed by atoms with Crippen molar-refractivity contribution in [3.8, 4) is 0 Å². The molecule has 0 fully saturated rings. The molecule has 0 N–H and O–H groups in total. The van der Waals surface area contributed by atoms with Crippen molar-refractivity contribution in [2.75, 3.05) is 0 Å². The number of Topliss-reactive ketones (excluding diaryl/α,β-unsaturated/α-hetero) is 1. The molecule has 0 aliphatic carbocycles. The molecule has 3 nitrogen and oxygen atoms in total. The van der Waals surface area contributed by atoms with Crippen LogP contribution in [0.1, 0.15) is 37.2 Å². The Morgan fingerprint density at radius 2 is 2.31 bits per heavy atom. The van der Waals surface area contributed by atoms with Gasteiger partial charge in [0.2, 0.25) is 0 Å². The van der Waals surface area contributed by atoms with Crippen LogP contribution >= 0.6 is 15.9 Å². The van der Waals surface area contributed by atoms with Crippen LogP contribution in [0, 0.1) is 0 Å². The summed E-state index contributed by atoms with van der Waals surface area (Å²) in [6.45, 7) is 4.72. The van der Waals surface area contributed by atoms with Crippen LogP contribution in [0.2, 0.25) is 0 Å². The molecule has 0 amide bonds. The summed E-state index contributed by atoms with van der Waals surface area (Å²) in [5.41, 5.74) is 0.698. The quantitative estimate of drug-likeness (QED) is 0.764. The van der Waals surface area contributed by atoms with Crippen molar-refractivity contribution in [3.05, 3.63) is 16.4 Å². The molecule has 13 heavy (non-hydrogen) atoms. The van der Waals surface area contributed by atoms with E-state index in [0.29, 0.717) is 12.1 Å². The van der Waals surface area contributed by atoms with E-state index < -0.39 is 0 Å². The van der Waals surface area contributed by atoms with E-state index in [4.69, 9.17) is 0 Å². The highest BCUT2D eigenvalue weighted by Gasteiger charge is 2.14. The van der Waals surface area contributed by atoms with Gasteiger partial charge in [-0.3, -0.25) is 9.48 Å². The Kier molecular flexibility index (Phi) is 3.66. The lowest BCUT2D eigenvalue weighted by Crippen LogP contribution is -2.10. The number of carbonyl (C=O) groups is 1. The van der Waals surface area contributed by atoms with E-state index in [1.165, 1.54) is 0 Å². The van der Waals surface area contributed by atoms with Crippen LogP contribution in [-0.4, -0.2) is 15.6 Å². The number of aromatic nitrogens is 2. The SMILES string of the molecule is CCCn1ncc(Br)c1C(=O)CC. The Labute approximate surface area is 86.3 Å². The first-order valence-corrected chi connectivity index (χ1v) is 5.24. The fourth-order valence-electron chi connectivity index (χ4n) is 1.19. The van der Waals surface area contributed by atoms with Crippen LogP contribution in [0.3, 0.4) is 0 Å². The van der Waals surface area contributed by atoms with Crippen LogP contribution in [0.4, 0.5) is 0 Å². The van der Waals surface area contributed by atoms with Gasteiger partial charge in [-0.15, -0.1) is 0 Å². The van der Waals surface area contributed by atoms with E-state index in [0.717, 1.165) is 17.4 Å². The second-order valence-electron chi connectivity index (χ2n) is 2.84. The Morgan fingerprint density at radius 1 is 1.62 bits per heavy atom. The van der Waals surface area contributed by atoms with Crippen LogP contribution in [0.25, 0.3) is 0 Å². The second kappa shape index (κ2) is 4.56. The van der Waals surface area contributed by atoms with Crippen molar-refractivity contribution in [2.24, 2.45) is 0 Å². The lowest BCUT2D eigenvalue weighted by molar-refractivity contribution is 0.0977. The molecule has 0 aromatic carbocycles. The van der Waals surface area contributed by atoms with Crippen LogP contribution in [-0.2, 0) is 6.54 Å². The van der Waals surface area contributed by atoms with Gasteiger partial charge in [-0.2, -0.15) is 5.10 Å². The lowest BCUT2D eigenvalue weighted by atomic mass is 10.2. The lowest BCUT2D eigenvalue weighted by Gasteiger charge is -2.03. The third kappa shape index (κ3) is 2.18. The predicted octanol–water partition coefficient (Wildman–Crippen LogP) is 2.65. The van der Waals surface area contributed by atoms with Crippen molar-refractivity contribution in [1.82, 2.24) is 9.78 Å². The zero-order valence-electron chi connectivity index (χ0n) is 7.88. The average Bonchev–Trinajstić information content (AvgIpc) is 2.47. The molecule has 1 aromatic heterocycles. The predicted molar refractivity (Wildman–Crippen MR) is 54.8 cm³/mol. The van der Waals surface area contributed by atoms with Gasteiger partial charge in [0, 0.05) is 13.0 Å². The van der Waals surface area contributed by atoms with E-state index in [2.05, 4.69) is 28.0 Å². The number of hydrogen-bond acceptors (Lipinski definition) is 2. The normalized spacial score (nSPS) is 10.4. The highest BCUT2D eigenvalue weighted by Crippen LogP contribution is 2.17. The summed E-state index contributed by atoms with van der Waals surface area (Å²) in [4.78, 5) is 11.5. The highest BCUT2D eigenvalue weighted by atomic mass is 79.9. The molecule has 72 valence electrons. The Balaban J connectivity index is 3.01. The third-order valence-corrected chi connectivity index (χ3v) is 2.40. The van der Waals surface area contributed by atoms with Gasteiger partial charge in [-0.1, -0.05) is 13.8 Å². The van der Waals surface area contributed by atoms with Gasteiger partial charge in [0.05, 0.1) is 10.7 Å². The standard InChI is InChI=1S/C9H13BrN2O/c1-3-5-12-9(8(13)4-2)7(10)6-11-12/h6H,3-5H2,1-2H3. The third-order valence-electron chi connectivity index (χ3n) is 1.82. The monoisotopic (exact) mass is 244 g/mol. The first-order valence-electron chi connectivity index (χ1n) is 4.45. The molecule has 0 bridgehead atoms. The molecule has 0 aliphatic rings. The minimum atomic E-state index is 0.137. The molecular weight excluding hydrogens is 232 g/mol. The van der Waals surface area contributed by atoms with E-state index in [-0.39, 0.29) is 5.78 Å². The Bertz CT molecular complexity index is 307. The summed E-state index contributed by atoms with van der Waals surface area (Å²) in [6.07, 6.45) is 3.19.